The van der Waals surface area contributed by atoms with Gasteiger partial charge in [0.25, 0.3) is 0 Å². The zero-order valence-corrected chi connectivity index (χ0v) is 7.98. The van der Waals surface area contributed by atoms with Crippen molar-refractivity contribution >= 4 is 0 Å². The van der Waals surface area contributed by atoms with Gasteiger partial charge in [-0.15, -0.1) is 0 Å². The van der Waals surface area contributed by atoms with Crippen LogP contribution in [-0.2, 0) is 0 Å². The summed E-state index contributed by atoms with van der Waals surface area (Å²) in [7, 11) is 0. The number of unbranched alkanes of at least 4 members (excludes halogenated alkanes) is 1. The molecule has 0 aliphatic heterocycles. The molecule has 0 amide bonds. The summed E-state index contributed by atoms with van der Waals surface area (Å²) >= 11 is 0. The highest BCUT2D eigenvalue weighted by Crippen LogP contribution is 2.26. The molecule has 11 heavy (non-hydrogen) atoms. The average molecular weight is 159 g/mol. The van der Waals surface area contributed by atoms with Gasteiger partial charge in [0, 0.05) is 6.54 Å². The molecule has 2 heteroatoms. The van der Waals surface area contributed by atoms with E-state index in [0.29, 0.717) is 5.41 Å². The Morgan fingerprint density at radius 2 is 1.91 bits per heavy atom. The summed E-state index contributed by atoms with van der Waals surface area (Å²) in [6.07, 6.45) is 4.76. The van der Waals surface area contributed by atoms with Gasteiger partial charge in [-0.3, -0.25) is 0 Å². The fraction of sp³-hybridized carbons (Fsp3) is 1.00. The van der Waals surface area contributed by atoms with Crippen molar-refractivity contribution < 1.29 is 5.21 Å². The lowest BCUT2D eigenvalue weighted by molar-refractivity contribution is 0.162. The van der Waals surface area contributed by atoms with Gasteiger partial charge in [0.15, 0.2) is 0 Å². The molecule has 68 valence electrons. The summed E-state index contributed by atoms with van der Waals surface area (Å²) in [5.74, 6) is 0. The highest BCUT2D eigenvalue weighted by atomic mass is 16.5. The average Bonchev–Trinajstić information content (AvgIpc) is 1.99. The molecule has 0 radical (unpaired) electrons. The highest BCUT2D eigenvalue weighted by molar-refractivity contribution is 4.65. The molecule has 2 nitrogen and oxygen atoms in total. The SMILES string of the molecule is CCC(C)(C)CCCCNO. The first-order valence-corrected chi connectivity index (χ1v) is 4.49. The molecule has 0 aromatic carbocycles. The predicted molar refractivity (Wildman–Crippen MR) is 47.7 cm³/mol. The van der Waals surface area contributed by atoms with Crippen LogP contribution >= 0.6 is 0 Å². The summed E-state index contributed by atoms with van der Waals surface area (Å²) in [6, 6.07) is 0. The van der Waals surface area contributed by atoms with Crippen LogP contribution in [-0.4, -0.2) is 11.8 Å². The molecule has 0 atom stereocenters. The van der Waals surface area contributed by atoms with Gasteiger partial charge in [-0.1, -0.05) is 33.6 Å². The maximum Gasteiger partial charge on any atom is 0.0207 e. The Bertz CT molecular complexity index is 91.6. The van der Waals surface area contributed by atoms with E-state index in [4.69, 9.17) is 5.21 Å². The van der Waals surface area contributed by atoms with E-state index in [0.717, 1.165) is 13.0 Å². The van der Waals surface area contributed by atoms with E-state index in [1.54, 1.807) is 0 Å². The monoisotopic (exact) mass is 159 g/mol. The van der Waals surface area contributed by atoms with Gasteiger partial charge in [0.05, 0.1) is 0 Å². The van der Waals surface area contributed by atoms with E-state index >= 15 is 0 Å². The zero-order valence-electron chi connectivity index (χ0n) is 7.98. The third kappa shape index (κ3) is 6.32. The van der Waals surface area contributed by atoms with Gasteiger partial charge in [-0.05, 0) is 18.3 Å². The number of rotatable bonds is 6. The van der Waals surface area contributed by atoms with Crippen LogP contribution < -0.4 is 5.48 Å². The summed E-state index contributed by atoms with van der Waals surface area (Å²) < 4.78 is 0. The normalized spacial score (nSPS) is 12.0. The van der Waals surface area contributed by atoms with Crippen molar-refractivity contribution in [3.63, 3.8) is 0 Å². The first-order chi connectivity index (χ1) is 5.12. The van der Waals surface area contributed by atoms with E-state index < -0.39 is 0 Å². The van der Waals surface area contributed by atoms with Crippen LogP contribution in [0.5, 0.6) is 0 Å². The molecule has 2 N–H and O–H groups in total. The maximum absolute atomic E-state index is 8.30. The summed E-state index contributed by atoms with van der Waals surface area (Å²) in [5.41, 5.74) is 2.65. The van der Waals surface area contributed by atoms with E-state index in [2.05, 4.69) is 26.3 Å². The summed E-state index contributed by atoms with van der Waals surface area (Å²) in [6.45, 7) is 7.53. The van der Waals surface area contributed by atoms with Crippen molar-refractivity contribution in [2.75, 3.05) is 6.54 Å². The van der Waals surface area contributed by atoms with Gasteiger partial charge < -0.3 is 5.21 Å². The highest BCUT2D eigenvalue weighted by Gasteiger charge is 2.13. The molecule has 0 aliphatic rings. The molecule has 0 heterocycles. The lowest BCUT2D eigenvalue weighted by Crippen LogP contribution is -2.12. The Hall–Kier alpha value is -0.0800. The Morgan fingerprint density at radius 1 is 1.27 bits per heavy atom. The first-order valence-electron chi connectivity index (χ1n) is 4.49. The van der Waals surface area contributed by atoms with Crippen molar-refractivity contribution in [1.29, 1.82) is 0 Å². The molecular formula is C9H21NO. The lowest BCUT2D eigenvalue weighted by atomic mass is 9.85. The Labute approximate surface area is 70.0 Å². The minimum Gasteiger partial charge on any atom is -0.317 e. The molecule has 0 unspecified atom stereocenters. The minimum atomic E-state index is 0.482. The van der Waals surface area contributed by atoms with Crippen molar-refractivity contribution in [1.82, 2.24) is 5.48 Å². The molecular weight excluding hydrogens is 138 g/mol. The molecule has 0 aromatic rings. The summed E-state index contributed by atoms with van der Waals surface area (Å²) in [4.78, 5) is 0. The Balaban J connectivity index is 3.23. The van der Waals surface area contributed by atoms with Gasteiger partial charge in [0.1, 0.15) is 0 Å². The fourth-order valence-corrected chi connectivity index (χ4v) is 0.984. The molecule has 0 saturated carbocycles. The Morgan fingerprint density at radius 3 is 2.36 bits per heavy atom. The second-order valence-corrected chi connectivity index (χ2v) is 3.88. The number of hydroxylamine groups is 1. The molecule has 0 aliphatic carbocycles. The van der Waals surface area contributed by atoms with Crippen LogP contribution in [0.25, 0.3) is 0 Å². The number of hydrogen-bond donors (Lipinski definition) is 2. The van der Waals surface area contributed by atoms with E-state index in [1.165, 1.54) is 19.3 Å². The van der Waals surface area contributed by atoms with Crippen molar-refractivity contribution in [3.05, 3.63) is 0 Å². The number of hydrogen-bond acceptors (Lipinski definition) is 2. The topological polar surface area (TPSA) is 32.3 Å². The third-order valence-corrected chi connectivity index (χ3v) is 2.35. The van der Waals surface area contributed by atoms with Crippen LogP contribution in [0.15, 0.2) is 0 Å². The molecule has 0 spiro atoms. The smallest absolute Gasteiger partial charge is 0.0207 e. The Kier molecular flexibility index (Phi) is 5.51. The zero-order chi connectivity index (χ0) is 8.74. The van der Waals surface area contributed by atoms with Crippen LogP contribution in [0, 0.1) is 5.41 Å². The van der Waals surface area contributed by atoms with Gasteiger partial charge in [-0.2, -0.15) is 0 Å². The van der Waals surface area contributed by atoms with Crippen LogP contribution in [0.4, 0.5) is 0 Å². The van der Waals surface area contributed by atoms with E-state index in [9.17, 15) is 0 Å². The maximum atomic E-state index is 8.30. The quantitative estimate of drug-likeness (QED) is 0.461. The number of nitrogens with one attached hydrogen (secondary N) is 1. The molecule has 0 bridgehead atoms. The van der Waals surface area contributed by atoms with Gasteiger partial charge >= 0.3 is 0 Å². The third-order valence-electron chi connectivity index (χ3n) is 2.35. The fourth-order valence-electron chi connectivity index (χ4n) is 0.984. The lowest BCUT2D eigenvalue weighted by Gasteiger charge is -2.21. The van der Waals surface area contributed by atoms with Crippen LogP contribution in [0.2, 0.25) is 0 Å². The predicted octanol–water partition coefficient (Wildman–Crippen LogP) is 2.57. The van der Waals surface area contributed by atoms with Crippen molar-refractivity contribution in [2.24, 2.45) is 5.41 Å². The van der Waals surface area contributed by atoms with Gasteiger partial charge in [-0.25, -0.2) is 5.48 Å². The van der Waals surface area contributed by atoms with Gasteiger partial charge in [0.2, 0.25) is 0 Å². The van der Waals surface area contributed by atoms with Crippen LogP contribution in [0.3, 0.4) is 0 Å². The van der Waals surface area contributed by atoms with E-state index in [1.807, 2.05) is 0 Å². The standard InChI is InChI=1S/C9H21NO/c1-4-9(2,3)7-5-6-8-10-11/h10-11H,4-8H2,1-3H3. The second kappa shape index (κ2) is 5.56. The van der Waals surface area contributed by atoms with E-state index in [-0.39, 0.29) is 0 Å². The van der Waals surface area contributed by atoms with Crippen molar-refractivity contribution in [3.8, 4) is 0 Å². The summed E-state index contributed by atoms with van der Waals surface area (Å²) in [5, 5.41) is 8.30. The first kappa shape index (κ1) is 10.9. The molecule has 0 rings (SSSR count). The van der Waals surface area contributed by atoms with Crippen LogP contribution in [0.1, 0.15) is 46.5 Å². The second-order valence-electron chi connectivity index (χ2n) is 3.88. The molecule has 0 fully saturated rings. The molecule has 0 aromatic heterocycles. The van der Waals surface area contributed by atoms with Crippen molar-refractivity contribution in [2.45, 2.75) is 46.5 Å². The molecule has 0 saturated heterocycles. The largest absolute Gasteiger partial charge is 0.317 e. The minimum absolute atomic E-state index is 0.482.